The van der Waals surface area contributed by atoms with Crippen molar-refractivity contribution in [2.45, 2.75) is 91.4 Å². The van der Waals surface area contributed by atoms with Gasteiger partial charge in [0.15, 0.2) is 5.69 Å². The van der Waals surface area contributed by atoms with Crippen LogP contribution in [0.4, 0.5) is 13.2 Å². The minimum absolute atomic E-state index is 0.0915. The van der Waals surface area contributed by atoms with Crippen LogP contribution in [0.2, 0.25) is 0 Å². The van der Waals surface area contributed by atoms with Crippen molar-refractivity contribution >= 4 is 5.91 Å². The molecule has 0 aliphatic heterocycles. The molecule has 0 radical (unpaired) electrons. The van der Waals surface area contributed by atoms with E-state index in [0.717, 1.165) is 56.1 Å². The second-order valence-corrected chi connectivity index (χ2v) is 7.91. The van der Waals surface area contributed by atoms with Crippen molar-refractivity contribution in [2.24, 2.45) is 0 Å². The van der Waals surface area contributed by atoms with Crippen LogP contribution < -0.4 is 5.32 Å². The highest BCUT2D eigenvalue weighted by Gasteiger charge is 2.35. The quantitative estimate of drug-likeness (QED) is 0.461. The predicted octanol–water partition coefficient (Wildman–Crippen LogP) is 4.96. The van der Waals surface area contributed by atoms with Crippen LogP contribution in [0.5, 0.6) is 0 Å². The SMILES string of the molecule is CCCCCN(CCCCC)CC(C)NC(=O)C(C)n1nc(C(F)(F)F)cc1C. The molecule has 2 atom stereocenters. The van der Waals surface area contributed by atoms with Crippen LogP contribution in [0.1, 0.15) is 83.6 Å². The van der Waals surface area contributed by atoms with Crippen molar-refractivity contribution in [1.82, 2.24) is 20.0 Å². The number of aromatic nitrogens is 2. The van der Waals surface area contributed by atoms with Crippen LogP contribution in [0.25, 0.3) is 0 Å². The van der Waals surface area contributed by atoms with Crippen molar-refractivity contribution in [1.29, 1.82) is 0 Å². The Kier molecular flexibility index (Phi) is 10.7. The van der Waals surface area contributed by atoms with Gasteiger partial charge in [-0.2, -0.15) is 18.3 Å². The van der Waals surface area contributed by atoms with Gasteiger partial charge in [-0.1, -0.05) is 39.5 Å². The van der Waals surface area contributed by atoms with Gasteiger partial charge in [-0.25, -0.2) is 0 Å². The van der Waals surface area contributed by atoms with Gasteiger partial charge in [0.1, 0.15) is 6.04 Å². The molecule has 0 aliphatic rings. The van der Waals surface area contributed by atoms with Gasteiger partial charge in [0.25, 0.3) is 0 Å². The zero-order valence-corrected chi connectivity index (χ0v) is 18.5. The lowest BCUT2D eigenvalue weighted by molar-refractivity contribution is -0.142. The number of rotatable bonds is 13. The first-order chi connectivity index (χ1) is 13.6. The molecule has 1 amide bonds. The minimum Gasteiger partial charge on any atom is -0.351 e. The maximum atomic E-state index is 12.9. The summed E-state index contributed by atoms with van der Waals surface area (Å²) in [6.45, 7) is 12.1. The number of unbranched alkanes of at least 4 members (excludes halogenated alkanes) is 4. The summed E-state index contributed by atoms with van der Waals surface area (Å²) in [4.78, 5) is 15.0. The largest absolute Gasteiger partial charge is 0.435 e. The van der Waals surface area contributed by atoms with Crippen LogP contribution in [-0.2, 0) is 11.0 Å². The highest BCUT2D eigenvalue weighted by atomic mass is 19.4. The van der Waals surface area contributed by atoms with Gasteiger partial charge in [-0.15, -0.1) is 0 Å². The third-order valence-corrected chi connectivity index (χ3v) is 5.04. The molecule has 5 nitrogen and oxygen atoms in total. The maximum Gasteiger partial charge on any atom is 0.435 e. The highest BCUT2D eigenvalue weighted by Crippen LogP contribution is 2.29. The second-order valence-electron chi connectivity index (χ2n) is 7.91. The highest BCUT2D eigenvalue weighted by molar-refractivity contribution is 5.80. The summed E-state index contributed by atoms with van der Waals surface area (Å²) >= 11 is 0. The van der Waals surface area contributed by atoms with Crippen molar-refractivity contribution in [3.8, 4) is 0 Å². The van der Waals surface area contributed by atoms with E-state index in [1.807, 2.05) is 6.92 Å². The van der Waals surface area contributed by atoms with Crippen LogP contribution in [0.3, 0.4) is 0 Å². The molecule has 0 fully saturated rings. The van der Waals surface area contributed by atoms with E-state index in [0.29, 0.717) is 5.69 Å². The summed E-state index contributed by atoms with van der Waals surface area (Å²) < 4.78 is 39.8. The lowest BCUT2D eigenvalue weighted by Crippen LogP contribution is -2.45. The van der Waals surface area contributed by atoms with Crippen molar-refractivity contribution in [2.75, 3.05) is 19.6 Å². The van der Waals surface area contributed by atoms with E-state index in [9.17, 15) is 18.0 Å². The van der Waals surface area contributed by atoms with Gasteiger partial charge >= 0.3 is 6.18 Å². The topological polar surface area (TPSA) is 50.2 Å². The van der Waals surface area contributed by atoms with Crippen LogP contribution in [-0.4, -0.2) is 46.3 Å². The summed E-state index contributed by atoms with van der Waals surface area (Å²) in [5.41, 5.74) is -0.658. The Morgan fingerprint density at radius 1 is 1.14 bits per heavy atom. The predicted molar refractivity (Wildman–Crippen MR) is 110 cm³/mol. The Morgan fingerprint density at radius 3 is 2.14 bits per heavy atom. The summed E-state index contributed by atoms with van der Waals surface area (Å²) in [6.07, 6.45) is 2.44. The van der Waals surface area contributed by atoms with Gasteiger partial charge in [0.2, 0.25) is 5.91 Å². The van der Waals surface area contributed by atoms with E-state index in [4.69, 9.17) is 0 Å². The van der Waals surface area contributed by atoms with Crippen LogP contribution in [0, 0.1) is 6.92 Å². The lowest BCUT2D eigenvalue weighted by Gasteiger charge is -2.27. The number of alkyl halides is 3. The molecule has 0 aliphatic carbocycles. The fraction of sp³-hybridized carbons (Fsp3) is 0.810. The van der Waals surface area contributed by atoms with E-state index in [1.54, 1.807) is 6.92 Å². The summed E-state index contributed by atoms with van der Waals surface area (Å²) in [5, 5.41) is 6.53. The molecular formula is C21H37F3N4O. The number of nitrogens with zero attached hydrogens (tertiary/aromatic N) is 3. The molecule has 0 spiro atoms. The van der Waals surface area contributed by atoms with Crippen molar-refractivity contribution in [3.05, 3.63) is 17.5 Å². The smallest absolute Gasteiger partial charge is 0.351 e. The number of amides is 1. The Morgan fingerprint density at radius 2 is 1.69 bits per heavy atom. The van der Waals surface area contributed by atoms with Crippen LogP contribution >= 0.6 is 0 Å². The summed E-state index contributed by atoms with van der Waals surface area (Å²) in [7, 11) is 0. The Hall–Kier alpha value is -1.57. The zero-order valence-electron chi connectivity index (χ0n) is 18.5. The molecule has 1 aromatic rings. The van der Waals surface area contributed by atoms with Gasteiger partial charge < -0.3 is 10.2 Å². The number of hydrogen-bond acceptors (Lipinski definition) is 3. The zero-order chi connectivity index (χ0) is 22.0. The fourth-order valence-electron chi connectivity index (χ4n) is 3.39. The molecule has 0 saturated heterocycles. The Bertz CT molecular complexity index is 606. The van der Waals surface area contributed by atoms with E-state index in [1.165, 1.54) is 19.8 Å². The molecular weight excluding hydrogens is 381 g/mol. The molecule has 1 N–H and O–H groups in total. The van der Waals surface area contributed by atoms with E-state index >= 15 is 0 Å². The van der Waals surface area contributed by atoms with Gasteiger partial charge in [-0.3, -0.25) is 9.48 Å². The lowest BCUT2D eigenvalue weighted by atomic mass is 10.2. The number of hydrogen-bond donors (Lipinski definition) is 1. The molecule has 1 aromatic heterocycles. The third kappa shape index (κ3) is 8.76. The van der Waals surface area contributed by atoms with E-state index in [2.05, 4.69) is 29.2 Å². The summed E-state index contributed by atoms with van der Waals surface area (Å²) in [5.74, 6) is -0.320. The molecule has 0 bridgehead atoms. The molecule has 29 heavy (non-hydrogen) atoms. The molecule has 0 saturated carbocycles. The van der Waals surface area contributed by atoms with Crippen LogP contribution in [0.15, 0.2) is 6.07 Å². The average molecular weight is 419 g/mol. The van der Waals surface area contributed by atoms with E-state index in [-0.39, 0.29) is 11.9 Å². The number of nitrogens with one attached hydrogen (secondary N) is 1. The van der Waals surface area contributed by atoms with Gasteiger partial charge in [-0.05, 0) is 52.8 Å². The first-order valence-corrected chi connectivity index (χ1v) is 10.8. The van der Waals surface area contributed by atoms with Gasteiger partial charge in [0.05, 0.1) is 0 Å². The van der Waals surface area contributed by atoms with E-state index < -0.39 is 17.9 Å². The van der Waals surface area contributed by atoms with Gasteiger partial charge in [0, 0.05) is 18.3 Å². The number of carbonyl (C=O) groups excluding carboxylic acids is 1. The standard InChI is InChI=1S/C21H37F3N4O/c1-6-8-10-12-27(13-11-9-7-2)15-16(3)25-20(29)18(5)28-17(4)14-19(26-28)21(22,23)24/h14,16,18H,6-13,15H2,1-5H3,(H,25,29). The second kappa shape index (κ2) is 12.2. The van der Waals surface area contributed by atoms with Crippen molar-refractivity contribution in [3.63, 3.8) is 0 Å². The first kappa shape index (κ1) is 25.5. The Labute approximate surface area is 173 Å². The molecule has 8 heteroatoms. The summed E-state index contributed by atoms with van der Waals surface area (Å²) in [6, 6.07) is 0.0736. The minimum atomic E-state index is -4.52. The third-order valence-electron chi connectivity index (χ3n) is 5.04. The molecule has 1 rings (SSSR count). The molecule has 0 aromatic carbocycles. The number of carbonyl (C=O) groups is 1. The van der Waals surface area contributed by atoms with Crippen molar-refractivity contribution < 1.29 is 18.0 Å². The number of halogens is 3. The fourth-order valence-corrected chi connectivity index (χ4v) is 3.39. The normalized spacial score (nSPS) is 14.2. The molecule has 168 valence electrons. The monoisotopic (exact) mass is 418 g/mol. The number of aryl methyl sites for hydroxylation is 1. The Balaban J connectivity index is 2.66. The average Bonchev–Trinajstić information content (AvgIpc) is 3.03. The maximum absolute atomic E-state index is 12.9. The molecule has 2 unspecified atom stereocenters. The molecule has 1 heterocycles. The first-order valence-electron chi connectivity index (χ1n) is 10.8.